The second kappa shape index (κ2) is 7.28. The molecule has 0 aliphatic rings. The number of nitro groups is 1. The van der Waals surface area contributed by atoms with Crippen molar-refractivity contribution in [1.82, 2.24) is 4.90 Å². The summed E-state index contributed by atoms with van der Waals surface area (Å²) < 4.78 is 0. The van der Waals surface area contributed by atoms with Gasteiger partial charge in [-0.15, -0.1) is 11.8 Å². The summed E-state index contributed by atoms with van der Waals surface area (Å²) in [6.45, 7) is 4.75. The van der Waals surface area contributed by atoms with Crippen molar-refractivity contribution < 1.29 is 9.72 Å². The largest absolute Gasteiger partial charge is 0.341 e. The Morgan fingerprint density at radius 3 is 2.60 bits per heavy atom. The van der Waals surface area contributed by atoms with Gasteiger partial charge >= 0.3 is 0 Å². The van der Waals surface area contributed by atoms with Gasteiger partial charge in [0, 0.05) is 24.6 Å². The molecule has 0 N–H and O–H groups in total. The molecule has 1 aromatic rings. The third-order valence-electron chi connectivity index (χ3n) is 3.02. The maximum atomic E-state index is 12.4. The molecule has 20 heavy (non-hydrogen) atoms. The van der Waals surface area contributed by atoms with Gasteiger partial charge < -0.3 is 4.90 Å². The highest BCUT2D eigenvalue weighted by molar-refractivity contribution is 7.98. The lowest BCUT2D eigenvalue weighted by atomic mass is 10.1. The van der Waals surface area contributed by atoms with Gasteiger partial charge in [0.2, 0.25) is 0 Å². The second-order valence-corrected chi connectivity index (χ2v) is 5.93. The molecule has 0 saturated carbocycles. The molecule has 0 heterocycles. The van der Waals surface area contributed by atoms with Crippen molar-refractivity contribution in [3.8, 4) is 0 Å². The zero-order valence-corrected chi connectivity index (χ0v) is 13.1. The number of thioether (sulfide) groups is 1. The number of rotatable bonds is 6. The van der Waals surface area contributed by atoms with E-state index in [-0.39, 0.29) is 17.2 Å². The minimum atomic E-state index is -0.506. The fraction of sp³-hybridized carbons (Fsp3) is 0.500. The first kappa shape index (κ1) is 16.5. The summed E-state index contributed by atoms with van der Waals surface area (Å²) in [5, 5.41) is 11.0. The van der Waals surface area contributed by atoms with Crippen LogP contribution in [0.25, 0.3) is 0 Å². The molecule has 5 nitrogen and oxygen atoms in total. The van der Waals surface area contributed by atoms with Gasteiger partial charge in [-0.3, -0.25) is 14.9 Å². The molecule has 0 spiro atoms. The molecule has 0 bridgehead atoms. The monoisotopic (exact) mass is 296 g/mol. The van der Waals surface area contributed by atoms with Crippen molar-refractivity contribution >= 4 is 23.4 Å². The van der Waals surface area contributed by atoms with Crippen molar-refractivity contribution in [2.45, 2.75) is 25.2 Å². The van der Waals surface area contributed by atoms with Gasteiger partial charge in [-0.25, -0.2) is 0 Å². The van der Waals surface area contributed by atoms with Gasteiger partial charge in [-0.2, -0.15) is 0 Å². The molecule has 0 radical (unpaired) electrons. The molecule has 0 fully saturated rings. The van der Waals surface area contributed by atoms with Crippen LogP contribution in [-0.4, -0.2) is 35.6 Å². The van der Waals surface area contributed by atoms with Gasteiger partial charge in [0.1, 0.15) is 5.56 Å². The average Bonchev–Trinajstić information content (AvgIpc) is 2.42. The zero-order chi connectivity index (χ0) is 15.3. The van der Waals surface area contributed by atoms with Crippen molar-refractivity contribution in [3.63, 3.8) is 0 Å². The third-order valence-corrected chi connectivity index (χ3v) is 3.74. The normalized spacial score (nSPS) is 10.7. The Labute approximate surface area is 123 Å². The highest BCUT2D eigenvalue weighted by Crippen LogP contribution is 2.25. The van der Waals surface area contributed by atoms with E-state index in [2.05, 4.69) is 13.8 Å². The molecule has 1 aromatic carbocycles. The Hall–Kier alpha value is -1.56. The lowest BCUT2D eigenvalue weighted by molar-refractivity contribution is -0.385. The lowest BCUT2D eigenvalue weighted by Gasteiger charge is -2.18. The van der Waals surface area contributed by atoms with Crippen LogP contribution in [0, 0.1) is 16.0 Å². The van der Waals surface area contributed by atoms with Crippen molar-refractivity contribution in [2.24, 2.45) is 5.92 Å². The fourth-order valence-electron chi connectivity index (χ4n) is 1.73. The molecule has 0 aromatic heterocycles. The summed E-state index contributed by atoms with van der Waals surface area (Å²) in [5.41, 5.74) is 0.0253. The smallest absolute Gasteiger partial charge is 0.282 e. The summed E-state index contributed by atoms with van der Waals surface area (Å²) in [6, 6.07) is 4.65. The minimum absolute atomic E-state index is 0.135. The second-order valence-electron chi connectivity index (χ2n) is 5.05. The van der Waals surface area contributed by atoms with Crippen LogP contribution in [0.1, 0.15) is 30.6 Å². The molecular formula is C14H20N2O3S. The van der Waals surface area contributed by atoms with Crippen LogP contribution >= 0.6 is 11.8 Å². The van der Waals surface area contributed by atoms with Crippen LogP contribution in [0.3, 0.4) is 0 Å². The third kappa shape index (κ3) is 4.23. The van der Waals surface area contributed by atoms with E-state index in [1.165, 1.54) is 17.8 Å². The predicted molar refractivity (Wildman–Crippen MR) is 81.3 cm³/mol. The predicted octanol–water partition coefficient (Wildman–Crippen LogP) is 3.43. The Bertz CT molecular complexity index is 503. The molecule has 6 heteroatoms. The van der Waals surface area contributed by atoms with Crippen molar-refractivity contribution in [2.75, 3.05) is 19.8 Å². The van der Waals surface area contributed by atoms with Gasteiger partial charge in [0.25, 0.3) is 11.6 Å². The fourth-order valence-corrected chi connectivity index (χ4v) is 2.17. The molecule has 0 aliphatic carbocycles. The first-order chi connectivity index (χ1) is 9.36. The van der Waals surface area contributed by atoms with Gasteiger partial charge in [0.05, 0.1) is 4.92 Å². The topological polar surface area (TPSA) is 63.5 Å². The first-order valence-electron chi connectivity index (χ1n) is 6.44. The van der Waals surface area contributed by atoms with Crippen LogP contribution in [0.15, 0.2) is 23.1 Å². The summed E-state index contributed by atoms with van der Waals surface area (Å²) in [7, 11) is 1.68. The number of benzene rings is 1. The van der Waals surface area contributed by atoms with Crippen LogP contribution in [0.4, 0.5) is 5.69 Å². The summed E-state index contributed by atoms with van der Waals surface area (Å²) in [6.07, 6.45) is 2.75. The van der Waals surface area contributed by atoms with Crippen LogP contribution in [0.5, 0.6) is 0 Å². The summed E-state index contributed by atoms with van der Waals surface area (Å²) in [4.78, 5) is 25.3. The highest BCUT2D eigenvalue weighted by atomic mass is 32.2. The van der Waals surface area contributed by atoms with Gasteiger partial charge in [-0.1, -0.05) is 13.8 Å². The molecule has 1 amide bonds. The van der Waals surface area contributed by atoms with E-state index < -0.39 is 4.92 Å². The van der Waals surface area contributed by atoms with Crippen molar-refractivity contribution in [1.29, 1.82) is 0 Å². The Kier molecular flexibility index (Phi) is 6.01. The first-order valence-corrected chi connectivity index (χ1v) is 7.67. The molecular weight excluding hydrogens is 276 g/mol. The summed E-state index contributed by atoms with van der Waals surface area (Å²) in [5.74, 6) is 0.186. The van der Waals surface area contributed by atoms with E-state index in [4.69, 9.17) is 0 Å². The van der Waals surface area contributed by atoms with Crippen LogP contribution in [-0.2, 0) is 0 Å². The number of carbonyl (C=O) groups is 1. The van der Waals surface area contributed by atoms with Gasteiger partial charge in [0.15, 0.2) is 0 Å². The number of nitrogens with zero attached hydrogens (tertiary/aromatic N) is 2. The summed E-state index contributed by atoms with van der Waals surface area (Å²) >= 11 is 1.46. The molecule has 0 atom stereocenters. The van der Waals surface area contributed by atoms with Crippen LogP contribution < -0.4 is 0 Å². The number of nitro benzene ring substituents is 1. The minimum Gasteiger partial charge on any atom is -0.341 e. The molecule has 0 saturated heterocycles. The van der Waals surface area contributed by atoms with E-state index in [0.717, 1.165) is 11.3 Å². The number of hydrogen-bond acceptors (Lipinski definition) is 4. The maximum Gasteiger partial charge on any atom is 0.282 e. The standard InChI is InChI=1S/C14H20N2O3S/c1-10(2)7-8-15(3)14(17)12-9-11(20-4)5-6-13(12)16(18)19/h5-6,9-10H,7-8H2,1-4H3. The number of carbonyl (C=O) groups excluding carboxylic acids is 1. The molecule has 110 valence electrons. The van der Waals surface area contributed by atoms with Crippen molar-refractivity contribution in [3.05, 3.63) is 33.9 Å². The number of hydrogen-bond donors (Lipinski definition) is 0. The average molecular weight is 296 g/mol. The molecule has 0 unspecified atom stereocenters. The Balaban J connectivity index is 3.03. The van der Waals surface area contributed by atoms with E-state index in [1.807, 2.05) is 6.26 Å². The Morgan fingerprint density at radius 1 is 1.45 bits per heavy atom. The van der Waals surface area contributed by atoms with Gasteiger partial charge in [-0.05, 0) is 30.7 Å². The quantitative estimate of drug-likeness (QED) is 0.458. The van der Waals surface area contributed by atoms with E-state index in [9.17, 15) is 14.9 Å². The SMILES string of the molecule is CSc1ccc([N+](=O)[O-])c(C(=O)N(C)CCC(C)C)c1. The lowest BCUT2D eigenvalue weighted by Crippen LogP contribution is -2.29. The zero-order valence-electron chi connectivity index (χ0n) is 12.3. The van der Waals surface area contributed by atoms with E-state index >= 15 is 0 Å². The Morgan fingerprint density at radius 2 is 2.10 bits per heavy atom. The molecule has 1 rings (SSSR count). The van der Waals surface area contributed by atoms with E-state index in [0.29, 0.717) is 12.5 Å². The van der Waals surface area contributed by atoms with Crippen LogP contribution in [0.2, 0.25) is 0 Å². The highest BCUT2D eigenvalue weighted by Gasteiger charge is 2.23. The van der Waals surface area contributed by atoms with E-state index in [1.54, 1.807) is 24.1 Å². The molecule has 0 aliphatic heterocycles. The maximum absolute atomic E-state index is 12.4. The number of amides is 1.